The van der Waals surface area contributed by atoms with Crippen LogP contribution in [-0.4, -0.2) is 34.3 Å². The number of rotatable bonds is 6. The maximum absolute atomic E-state index is 12.2. The van der Waals surface area contributed by atoms with Gasteiger partial charge in [-0.15, -0.1) is 11.3 Å². The summed E-state index contributed by atoms with van der Waals surface area (Å²) in [5.74, 6) is 0.0783. The van der Waals surface area contributed by atoms with Gasteiger partial charge in [-0.25, -0.2) is 4.98 Å². The fourth-order valence-electron chi connectivity index (χ4n) is 1.83. The Morgan fingerprint density at radius 3 is 2.84 bits per heavy atom. The van der Waals surface area contributed by atoms with Gasteiger partial charge in [0.1, 0.15) is 6.54 Å². The first kappa shape index (κ1) is 14.0. The van der Waals surface area contributed by atoms with Crippen molar-refractivity contribution in [3.63, 3.8) is 0 Å². The number of hydrogen-bond donors (Lipinski definition) is 1. The molecule has 1 atom stereocenters. The second kappa shape index (κ2) is 6.14. The molecule has 0 spiro atoms. The second-order valence-electron chi connectivity index (χ2n) is 4.88. The van der Waals surface area contributed by atoms with Crippen molar-refractivity contribution in [3.05, 3.63) is 11.6 Å². The summed E-state index contributed by atoms with van der Waals surface area (Å²) in [4.78, 5) is 29.8. The zero-order valence-electron chi connectivity index (χ0n) is 11.3. The molecule has 6 heteroatoms. The van der Waals surface area contributed by atoms with Gasteiger partial charge < -0.3 is 10.2 Å². The Bertz CT molecular complexity index is 443. The molecule has 2 rings (SSSR count). The first-order valence-corrected chi connectivity index (χ1v) is 7.49. The van der Waals surface area contributed by atoms with E-state index in [0.717, 1.165) is 19.3 Å². The van der Waals surface area contributed by atoms with Crippen LogP contribution < -0.4 is 5.32 Å². The van der Waals surface area contributed by atoms with Crippen LogP contribution in [0.15, 0.2) is 11.6 Å². The fraction of sp³-hybridized carbons (Fsp3) is 0.615. The Hall–Kier alpha value is -1.43. The van der Waals surface area contributed by atoms with Crippen LogP contribution in [0, 0.1) is 5.92 Å². The van der Waals surface area contributed by atoms with E-state index in [4.69, 9.17) is 0 Å². The minimum atomic E-state index is -0.177. The van der Waals surface area contributed by atoms with Crippen molar-refractivity contribution in [2.75, 3.05) is 11.9 Å². The maximum atomic E-state index is 12.2. The first-order chi connectivity index (χ1) is 9.11. The Morgan fingerprint density at radius 1 is 1.58 bits per heavy atom. The van der Waals surface area contributed by atoms with Gasteiger partial charge in [0.05, 0.1) is 0 Å². The van der Waals surface area contributed by atoms with Crippen LogP contribution in [0.2, 0.25) is 0 Å². The van der Waals surface area contributed by atoms with Gasteiger partial charge in [-0.3, -0.25) is 9.59 Å². The lowest BCUT2D eigenvalue weighted by atomic mass is 10.2. The molecular weight excluding hydrogens is 262 g/mol. The van der Waals surface area contributed by atoms with Crippen LogP contribution in [0.25, 0.3) is 0 Å². The Morgan fingerprint density at radius 2 is 2.32 bits per heavy atom. The van der Waals surface area contributed by atoms with Gasteiger partial charge in [0.15, 0.2) is 5.13 Å². The summed E-state index contributed by atoms with van der Waals surface area (Å²) in [6.45, 7) is 4.12. The van der Waals surface area contributed by atoms with Crippen LogP contribution in [0.1, 0.15) is 33.1 Å². The third-order valence-corrected chi connectivity index (χ3v) is 4.01. The Labute approximate surface area is 117 Å². The quantitative estimate of drug-likeness (QED) is 0.868. The number of aromatic nitrogens is 1. The van der Waals surface area contributed by atoms with E-state index in [1.54, 1.807) is 16.5 Å². The molecule has 1 aliphatic rings. The second-order valence-corrected chi connectivity index (χ2v) is 5.78. The number of nitrogens with one attached hydrogen (secondary N) is 1. The topological polar surface area (TPSA) is 62.3 Å². The monoisotopic (exact) mass is 281 g/mol. The van der Waals surface area contributed by atoms with Crippen molar-refractivity contribution < 1.29 is 9.59 Å². The third kappa shape index (κ3) is 3.76. The predicted molar refractivity (Wildman–Crippen MR) is 74.9 cm³/mol. The molecule has 1 N–H and O–H groups in total. The van der Waals surface area contributed by atoms with Crippen LogP contribution >= 0.6 is 11.3 Å². The Kier molecular flexibility index (Phi) is 4.52. The number of amides is 2. The standard InChI is InChI=1S/C13H19N3O2S/c1-3-9(2)16(12(18)10-4-5-10)8-11(17)15-13-14-6-7-19-13/h6-7,9-10H,3-5,8H2,1-2H3,(H,14,15,17). The molecule has 1 aliphatic carbocycles. The van der Waals surface area contributed by atoms with E-state index in [1.165, 1.54) is 11.3 Å². The number of anilines is 1. The van der Waals surface area contributed by atoms with Gasteiger partial charge in [-0.1, -0.05) is 6.92 Å². The summed E-state index contributed by atoms with van der Waals surface area (Å²) in [6, 6.07) is 0.0927. The van der Waals surface area contributed by atoms with E-state index >= 15 is 0 Å². The summed E-state index contributed by atoms with van der Waals surface area (Å²) in [7, 11) is 0. The van der Waals surface area contributed by atoms with E-state index in [9.17, 15) is 9.59 Å². The molecule has 1 aromatic heterocycles. The average Bonchev–Trinajstić information content (AvgIpc) is 3.13. The normalized spacial score (nSPS) is 15.9. The molecule has 0 bridgehead atoms. The smallest absolute Gasteiger partial charge is 0.245 e. The van der Waals surface area contributed by atoms with Gasteiger partial charge in [0, 0.05) is 23.5 Å². The van der Waals surface area contributed by atoms with Crippen molar-refractivity contribution in [3.8, 4) is 0 Å². The number of nitrogens with zero attached hydrogens (tertiary/aromatic N) is 2. The van der Waals surface area contributed by atoms with Gasteiger partial charge in [-0.2, -0.15) is 0 Å². The van der Waals surface area contributed by atoms with Gasteiger partial charge in [0.25, 0.3) is 0 Å². The fourth-order valence-corrected chi connectivity index (χ4v) is 2.38. The molecule has 1 heterocycles. The van der Waals surface area contributed by atoms with Crippen molar-refractivity contribution >= 4 is 28.3 Å². The van der Waals surface area contributed by atoms with E-state index in [1.807, 2.05) is 13.8 Å². The molecule has 19 heavy (non-hydrogen) atoms. The third-order valence-electron chi connectivity index (χ3n) is 3.33. The first-order valence-electron chi connectivity index (χ1n) is 6.61. The Balaban J connectivity index is 1.94. The molecule has 1 aromatic rings. The van der Waals surface area contributed by atoms with Crippen molar-refractivity contribution in [1.29, 1.82) is 0 Å². The molecule has 1 fully saturated rings. The highest BCUT2D eigenvalue weighted by Gasteiger charge is 2.35. The summed E-state index contributed by atoms with van der Waals surface area (Å²) in [5.41, 5.74) is 0. The van der Waals surface area contributed by atoms with E-state index in [0.29, 0.717) is 5.13 Å². The van der Waals surface area contributed by atoms with E-state index < -0.39 is 0 Å². The van der Waals surface area contributed by atoms with Gasteiger partial charge in [-0.05, 0) is 26.2 Å². The lowest BCUT2D eigenvalue weighted by molar-refractivity contribution is -0.138. The predicted octanol–water partition coefficient (Wildman–Crippen LogP) is 2.12. The molecule has 0 aromatic carbocycles. The van der Waals surface area contributed by atoms with Gasteiger partial charge in [0.2, 0.25) is 11.8 Å². The minimum Gasteiger partial charge on any atom is -0.330 e. The minimum absolute atomic E-state index is 0.0927. The lowest BCUT2D eigenvalue weighted by Gasteiger charge is -2.28. The van der Waals surface area contributed by atoms with E-state index in [2.05, 4.69) is 10.3 Å². The number of thiazole rings is 1. The van der Waals surface area contributed by atoms with Gasteiger partial charge >= 0.3 is 0 Å². The van der Waals surface area contributed by atoms with Crippen LogP contribution in [-0.2, 0) is 9.59 Å². The highest BCUT2D eigenvalue weighted by Crippen LogP contribution is 2.31. The van der Waals surface area contributed by atoms with Crippen LogP contribution in [0.5, 0.6) is 0 Å². The lowest BCUT2D eigenvalue weighted by Crippen LogP contribution is -2.44. The maximum Gasteiger partial charge on any atom is 0.245 e. The number of carbonyl (C=O) groups excluding carboxylic acids is 2. The van der Waals surface area contributed by atoms with Crippen molar-refractivity contribution in [1.82, 2.24) is 9.88 Å². The highest BCUT2D eigenvalue weighted by molar-refractivity contribution is 7.13. The van der Waals surface area contributed by atoms with E-state index in [-0.39, 0.29) is 30.3 Å². The molecule has 5 nitrogen and oxygen atoms in total. The number of hydrogen-bond acceptors (Lipinski definition) is 4. The zero-order chi connectivity index (χ0) is 13.8. The summed E-state index contributed by atoms with van der Waals surface area (Å²) in [5, 5.41) is 5.10. The largest absolute Gasteiger partial charge is 0.330 e. The summed E-state index contributed by atoms with van der Waals surface area (Å²) < 4.78 is 0. The molecule has 104 valence electrons. The summed E-state index contributed by atoms with van der Waals surface area (Å²) in [6.07, 6.45) is 4.41. The molecule has 1 unspecified atom stereocenters. The van der Waals surface area contributed by atoms with Crippen LogP contribution in [0.4, 0.5) is 5.13 Å². The van der Waals surface area contributed by atoms with Crippen molar-refractivity contribution in [2.24, 2.45) is 5.92 Å². The molecular formula is C13H19N3O2S. The molecule has 2 amide bonds. The van der Waals surface area contributed by atoms with Crippen molar-refractivity contribution in [2.45, 2.75) is 39.2 Å². The van der Waals surface area contributed by atoms with Crippen LogP contribution in [0.3, 0.4) is 0 Å². The zero-order valence-corrected chi connectivity index (χ0v) is 12.1. The molecule has 0 aliphatic heterocycles. The molecule has 0 saturated heterocycles. The summed E-state index contributed by atoms with van der Waals surface area (Å²) >= 11 is 1.37. The SMILES string of the molecule is CCC(C)N(CC(=O)Nc1nccs1)C(=O)C1CC1. The average molecular weight is 281 g/mol. The molecule has 1 saturated carbocycles. The highest BCUT2D eigenvalue weighted by atomic mass is 32.1. The molecule has 0 radical (unpaired) electrons. The number of carbonyl (C=O) groups is 2.